The summed E-state index contributed by atoms with van der Waals surface area (Å²) in [6, 6.07) is 22.6. The second-order valence-corrected chi connectivity index (χ2v) is 8.27. The van der Waals surface area contributed by atoms with Gasteiger partial charge in [0.15, 0.2) is 12.9 Å². The second-order valence-electron chi connectivity index (χ2n) is 5.54. The zero-order chi connectivity index (χ0) is 17.2. The molecule has 24 heavy (non-hydrogen) atoms. The molecule has 120 valence electrons. The number of hydrogen-bond donors (Lipinski definition) is 1. The van der Waals surface area contributed by atoms with E-state index in [0.717, 1.165) is 0 Å². The molecular weight excluding hydrogens is 319 g/mol. The van der Waals surface area contributed by atoms with Crippen LogP contribution in [0, 0.1) is 0 Å². The van der Waals surface area contributed by atoms with Crippen molar-refractivity contribution in [1.82, 2.24) is 0 Å². The fraction of sp³-hybridized carbons (Fsp3) is 0.0500. The molecule has 0 aliphatic rings. The van der Waals surface area contributed by atoms with Gasteiger partial charge in [0.1, 0.15) is 5.75 Å². The molecule has 0 aromatic heterocycles. The molecule has 0 radical (unpaired) electrons. The van der Waals surface area contributed by atoms with E-state index in [1.165, 1.54) is 13.0 Å². The first-order chi connectivity index (χ1) is 11.5. The highest BCUT2D eigenvalue weighted by Crippen LogP contribution is 2.44. The molecule has 0 fully saturated rings. The van der Waals surface area contributed by atoms with E-state index in [1.54, 1.807) is 36.4 Å². The summed E-state index contributed by atoms with van der Waals surface area (Å²) in [6.45, 7) is 1.45. The maximum Gasteiger partial charge on any atom is 0.174 e. The van der Waals surface area contributed by atoms with E-state index in [1.807, 2.05) is 36.4 Å². The molecule has 0 spiro atoms. The van der Waals surface area contributed by atoms with Gasteiger partial charge in [-0.2, -0.15) is 0 Å². The van der Waals surface area contributed by atoms with Crippen LogP contribution in [-0.4, -0.2) is 10.9 Å². The van der Waals surface area contributed by atoms with Crippen LogP contribution in [0.4, 0.5) is 0 Å². The van der Waals surface area contributed by atoms with Crippen molar-refractivity contribution in [2.75, 3.05) is 0 Å². The molecule has 0 saturated carbocycles. The SMILES string of the molecule is CC(=O)c1ccc(O)c(P(=O)(c2ccccc2)c2ccccc2)c1. The number of Topliss-reactive ketones (excluding diaryl/α,β-unsaturated/α-hetero) is 1. The highest BCUT2D eigenvalue weighted by atomic mass is 31.2. The van der Waals surface area contributed by atoms with E-state index in [-0.39, 0.29) is 16.8 Å². The Balaban J connectivity index is 2.34. The van der Waals surface area contributed by atoms with E-state index in [9.17, 15) is 14.5 Å². The summed E-state index contributed by atoms with van der Waals surface area (Å²) in [5, 5.41) is 11.9. The van der Waals surface area contributed by atoms with Gasteiger partial charge in [-0.1, -0.05) is 60.7 Å². The van der Waals surface area contributed by atoms with Crippen LogP contribution in [0.3, 0.4) is 0 Å². The third-order valence-electron chi connectivity index (χ3n) is 3.96. The van der Waals surface area contributed by atoms with Crippen LogP contribution in [0.15, 0.2) is 78.9 Å². The Kier molecular flexibility index (Phi) is 4.37. The summed E-state index contributed by atoms with van der Waals surface area (Å²) in [7, 11) is -3.28. The maximum atomic E-state index is 14.1. The zero-order valence-corrected chi connectivity index (χ0v) is 14.1. The van der Waals surface area contributed by atoms with E-state index in [2.05, 4.69) is 0 Å². The molecule has 3 aromatic rings. The zero-order valence-electron chi connectivity index (χ0n) is 13.2. The number of benzene rings is 3. The van der Waals surface area contributed by atoms with Crippen LogP contribution in [0.1, 0.15) is 17.3 Å². The van der Waals surface area contributed by atoms with Crippen LogP contribution in [0.5, 0.6) is 5.75 Å². The summed E-state index contributed by atoms with van der Waals surface area (Å²) < 4.78 is 14.1. The van der Waals surface area contributed by atoms with Gasteiger partial charge in [0, 0.05) is 16.2 Å². The van der Waals surface area contributed by atoms with E-state index >= 15 is 0 Å². The average Bonchev–Trinajstić information content (AvgIpc) is 2.62. The van der Waals surface area contributed by atoms with Crippen molar-refractivity contribution >= 4 is 28.8 Å². The monoisotopic (exact) mass is 336 g/mol. The van der Waals surface area contributed by atoms with Crippen molar-refractivity contribution in [3.8, 4) is 5.75 Å². The molecule has 0 amide bonds. The number of carbonyl (C=O) groups excluding carboxylic acids is 1. The van der Waals surface area contributed by atoms with Gasteiger partial charge in [0.25, 0.3) is 0 Å². The Labute approximate surface area is 141 Å². The normalized spacial score (nSPS) is 11.2. The number of hydrogen-bond acceptors (Lipinski definition) is 3. The summed E-state index contributed by atoms with van der Waals surface area (Å²) >= 11 is 0. The molecule has 0 saturated heterocycles. The van der Waals surface area contributed by atoms with Gasteiger partial charge in [0.2, 0.25) is 0 Å². The van der Waals surface area contributed by atoms with Crippen molar-refractivity contribution in [3.63, 3.8) is 0 Å². The quantitative estimate of drug-likeness (QED) is 0.588. The van der Waals surface area contributed by atoms with E-state index in [0.29, 0.717) is 16.2 Å². The Bertz CT molecular complexity index is 875. The summed E-state index contributed by atoms with van der Waals surface area (Å²) in [5.41, 5.74) is 0.426. The van der Waals surface area contributed by atoms with Gasteiger partial charge in [-0.05, 0) is 25.1 Å². The predicted octanol–water partition coefficient (Wildman–Crippen LogP) is 3.23. The number of aromatic hydroxyl groups is 1. The topological polar surface area (TPSA) is 54.4 Å². The molecule has 4 heteroatoms. The molecule has 3 nitrogen and oxygen atoms in total. The van der Waals surface area contributed by atoms with Crippen LogP contribution >= 0.6 is 7.14 Å². The van der Waals surface area contributed by atoms with Crippen molar-refractivity contribution in [1.29, 1.82) is 0 Å². The van der Waals surface area contributed by atoms with Gasteiger partial charge >= 0.3 is 0 Å². The van der Waals surface area contributed by atoms with Gasteiger partial charge < -0.3 is 9.67 Å². The predicted molar refractivity (Wildman–Crippen MR) is 97.5 cm³/mol. The summed E-state index contributed by atoms with van der Waals surface area (Å²) in [6.07, 6.45) is 0. The second kappa shape index (κ2) is 6.46. The molecule has 3 aromatic carbocycles. The Morgan fingerprint density at radius 1 is 0.833 bits per heavy atom. The van der Waals surface area contributed by atoms with Gasteiger partial charge in [-0.25, -0.2) is 0 Å². The number of ketones is 1. The fourth-order valence-electron chi connectivity index (χ4n) is 2.70. The van der Waals surface area contributed by atoms with Crippen LogP contribution < -0.4 is 15.9 Å². The third kappa shape index (κ3) is 2.79. The lowest BCUT2D eigenvalue weighted by molar-refractivity contribution is 0.101. The molecule has 0 heterocycles. The fourth-order valence-corrected chi connectivity index (χ4v) is 5.45. The minimum atomic E-state index is -3.28. The summed E-state index contributed by atoms with van der Waals surface area (Å²) in [4.78, 5) is 11.7. The molecule has 0 aliphatic heterocycles. The highest BCUT2D eigenvalue weighted by molar-refractivity contribution is 7.85. The van der Waals surface area contributed by atoms with Gasteiger partial charge in [-0.3, -0.25) is 4.79 Å². The number of phenols is 1. The largest absolute Gasteiger partial charge is 0.507 e. The smallest absolute Gasteiger partial charge is 0.174 e. The minimum Gasteiger partial charge on any atom is -0.507 e. The van der Waals surface area contributed by atoms with Crippen LogP contribution in [0.2, 0.25) is 0 Å². The Morgan fingerprint density at radius 3 is 1.79 bits per heavy atom. The van der Waals surface area contributed by atoms with Gasteiger partial charge in [-0.15, -0.1) is 0 Å². The highest BCUT2D eigenvalue weighted by Gasteiger charge is 2.32. The Hall–Kier alpha value is -2.64. The third-order valence-corrected chi connectivity index (χ3v) is 7.05. The van der Waals surface area contributed by atoms with Crippen molar-refractivity contribution in [3.05, 3.63) is 84.4 Å². The lowest BCUT2D eigenvalue weighted by Crippen LogP contribution is -2.25. The van der Waals surface area contributed by atoms with Gasteiger partial charge in [0.05, 0.1) is 5.30 Å². The first-order valence-corrected chi connectivity index (χ1v) is 9.30. The molecule has 1 N–H and O–H groups in total. The maximum absolute atomic E-state index is 14.1. The standard InChI is InChI=1S/C20H17O3P/c1-15(21)16-12-13-19(22)20(14-16)24(23,17-8-4-2-5-9-17)18-10-6-3-7-11-18/h2-14,22H,1H3. The number of phenolic OH excluding ortho intramolecular Hbond substituents is 1. The molecule has 3 rings (SSSR count). The number of carbonyl (C=O) groups is 1. The molecule has 0 aliphatic carbocycles. The number of rotatable bonds is 4. The minimum absolute atomic E-state index is 0.0731. The molecular formula is C20H17O3P. The van der Waals surface area contributed by atoms with E-state index < -0.39 is 7.14 Å². The molecule has 0 atom stereocenters. The molecule has 0 unspecified atom stereocenters. The lowest BCUT2D eigenvalue weighted by Gasteiger charge is -2.21. The molecule has 0 bridgehead atoms. The first kappa shape index (κ1) is 16.2. The Morgan fingerprint density at radius 2 is 1.33 bits per heavy atom. The first-order valence-electron chi connectivity index (χ1n) is 7.59. The van der Waals surface area contributed by atoms with E-state index in [4.69, 9.17) is 0 Å². The van der Waals surface area contributed by atoms with Crippen molar-refractivity contribution in [2.24, 2.45) is 0 Å². The van der Waals surface area contributed by atoms with Crippen LogP contribution in [0.25, 0.3) is 0 Å². The van der Waals surface area contributed by atoms with Crippen LogP contribution in [-0.2, 0) is 4.57 Å². The summed E-state index contributed by atoms with van der Waals surface area (Å²) in [5.74, 6) is -0.208. The van der Waals surface area contributed by atoms with Crippen molar-refractivity contribution < 1.29 is 14.5 Å². The van der Waals surface area contributed by atoms with Crippen molar-refractivity contribution in [2.45, 2.75) is 6.92 Å². The average molecular weight is 336 g/mol. The lowest BCUT2D eigenvalue weighted by atomic mass is 10.1.